The topological polar surface area (TPSA) is 89.8 Å². The molecule has 0 bridgehead atoms. The monoisotopic (exact) mass is 247 g/mol. The summed E-state index contributed by atoms with van der Waals surface area (Å²) in [7, 11) is 0. The van der Waals surface area contributed by atoms with Crippen molar-refractivity contribution >= 4 is 5.82 Å². The highest BCUT2D eigenvalue weighted by molar-refractivity contribution is 5.52. The minimum Gasteiger partial charge on any atom is -0.396 e. The van der Waals surface area contributed by atoms with Crippen LogP contribution in [0.25, 0.3) is 11.5 Å². The molecule has 2 aromatic rings. The van der Waals surface area contributed by atoms with Gasteiger partial charge in [0.1, 0.15) is 17.8 Å². The largest absolute Gasteiger partial charge is 0.396 e. The van der Waals surface area contributed by atoms with Crippen molar-refractivity contribution in [3.63, 3.8) is 0 Å². The third-order valence-corrected chi connectivity index (χ3v) is 2.79. The molecular formula is C12H17N5O. The van der Waals surface area contributed by atoms with E-state index < -0.39 is 0 Å². The molecule has 0 aliphatic carbocycles. The minimum atomic E-state index is 0.188. The number of rotatable bonds is 5. The van der Waals surface area contributed by atoms with Crippen LogP contribution >= 0.6 is 0 Å². The lowest BCUT2D eigenvalue weighted by molar-refractivity contribution is 0.226. The smallest absolute Gasteiger partial charge is 0.182 e. The molecule has 0 aliphatic rings. The lowest BCUT2D eigenvalue weighted by Crippen LogP contribution is -2.08. The summed E-state index contributed by atoms with van der Waals surface area (Å²) in [6.07, 6.45) is 2.54. The zero-order valence-electron chi connectivity index (χ0n) is 10.3. The number of hydrogen-bond acceptors (Lipinski definition) is 5. The number of aliphatic hydroxyl groups is 1. The van der Waals surface area contributed by atoms with Gasteiger partial charge < -0.3 is 15.4 Å². The Labute approximate surface area is 105 Å². The van der Waals surface area contributed by atoms with Crippen LogP contribution in [0, 0.1) is 5.92 Å². The van der Waals surface area contributed by atoms with Crippen LogP contribution in [0.4, 0.5) is 5.82 Å². The van der Waals surface area contributed by atoms with Gasteiger partial charge in [-0.15, -0.1) is 10.2 Å². The molecule has 0 fully saturated rings. The summed E-state index contributed by atoms with van der Waals surface area (Å²) in [5.41, 5.74) is 6.37. The number of pyridine rings is 1. The summed E-state index contributed by atoms with van der Waals surface area (Å²) in [4.78, 5) is 4.23. The van der Waals surface area contributed by atoms with Crippen LogP contribution < -0.4 is 5.73 Å². The second-order valence-corrected chi connectivity index (χ2v) is 4.37. The van der Waals surface area contributed by atoms with Crippen molar-refractivity contribution < 1.29 is 5.11 Å². The maximum absolute atomic E-state index is 9.02. The molecule has 2 rings (SSSR count). The van der Waals surface area contributed by atoms with E-state index in [9.17, 15) is 0 Å². The SMILES string of the molecule is C[C@H](CO)CCn1cnnc1-c1cccc(N)n1. The molecule has 3 N–H and O–H groups in total. The predicted octanol–water partition coefficient (Wildman–Crippen LogP) is 0.941. The number of anilines is 1. The van der Waals surface area contributed by atoms with Crippen LogP contribution in [0.15, 0.2) is 24.5 Å². The zero-order chi connectivity index (χ0) is 13.0. The number of nitrogen functional groups attached to an aromatic ring is 1. The second kappa shape index (κ2) is 5.59. The van der Waals surface area contributed by atoms with E-state index in [1.807, 2.05) is 23.6 Å². The van der Waals surface area contributed by atoms with Gasteiger partial charge in [-0.1, -0.05) is 13.0 Å². The van der Waals surface area contributed by atoms with Gasteiger partial charge in [0.05, 0.1) is 0 Å². The number of aryl methyl sites for hydroxylation is 1. The highest BCUT2D eigenvalue weighted by Crippen LogP contribution is 2.16. The molecule has 0 aliphatic heterocycles. The normalized spacial score (nSPS) is 12.6. The number of hydrogen-bond donors (Lipinski definition) is 2. The van der Waals surface area contributed by atoms with Crippen molar-refractivity contribution in [1.29, 1.82) is 0 Å². The molecule has 2 aromatic heterocycles. The van der Waals surface area contributed by atoms with E-state index in [0.717, 1.165) is 13.0 Å². The van der Waals surface area contributed by atoms with Gasteiger partial charge in [0.25, 0.3) is 0 Å². The Morgan fingerprint density at radius 1 is 1.44 bits per heavy atom. The van der Waals surface area contributed by atoms with Crippen molar-refractivity contribution in [3.8, 4) is 11.5 Å². The lowest BCUT2D eigenvalue weighted by Gasteiger charge is -2.09. The third-order valence-electron chi connectivity index (χ3n) is 2.79. The van der Waals surface area contributed by atoms with Crippen LogP contribution in [0.5, 0.6) is 0 Å². The van der Waals surface area contributed by atoms with Gasteiger partial charge in [0.15, 0.2) is 5.82 Å². The van der Waals surface area contributed by atoms with Crippen molar-refractivity contribution in [2.45, 2.75) is 19.9 Å². The number of nitrogens with zero attached hydrogens (tertiary/aromatic N) is 4. The van der Waals surface area contributed by atoms with Crippen molar-refractivity contribution in [2.24, 2.45) is 5.92 Å². The van der Waals surface area contributed by atoms with Gasteiger partial charge in [-0.3, -0.25) is 0 Å². The Balaban J connectivity index is 2.17. The maximum atomic E-state index is 9.02. The van der Waals surface area contributed by atoms with Crippen LogP contribution in [0.3, 0.4) is 0 Å². The molecule has 6 heteroatoms. The van der Waals surface area contributed by atoms with E-state index in [0.29, 0.717) is 17.3 Å². The summed E-state index contributed by atoms with van der Waals surface area (Å²) < 4.78 is 1.92. The van der Waals surface area contributed by atoms with E-state index in [-0.39, 0.29) is 12.5 Å². The molecule has 1 atom stereocenters. The minimum absolute atomic E-state index is 0.188. The molecule has 0 saturated carbocycles. The molecule has 2 heterocycles. The van der Waals surface area contributed by atoms with Gasteiger partial charge in [0, 0.05) is 13.2 Å². The molecule has 0 unspecified atom stereocenters. The number of aliphatic hydroxyl groups excluding tert-OH is 1. The van der Waals surface area contributed by atoms with E-state index in [1.54, 1.807) is 12.4 Å². The lowest BCUT2D eigenvalue weighted by atomic mass is 10.1. The van der Waals surface area contributed by atoms with Gasteiger partial charge in [-0.05, 0) is 24.5 Å². The first-order chi connectivity index (χ1) is 8.70. The van der Waals surface area contributed by atoms with Crippen LogP contribution in [-0.2, 0) is 6.54 Å². The fraction of sp³-hybridized carbons (Fsp3) is 0.417. The quantitative estimate of drug-likeness (QED) is 0.820. The third kappa shape index (κ3) is 2.84. The predicted molar refractivity (Wildman–Crippen MR) is 68.5 cm³/mol. The van der Waals surface area contributed by atoms with Crippen molar-refractivity contribution in [2.75, 3.05) is 12.3 Å². The van der Waals surface area contributed by atoms with Gasteiger partial charge in [-0.2, -0.15) is 0 Å². The highest BCUT2D eigenvalue weighted by Gasteiger charge is 2.10. The fourth-order valence-electron chi connectivity index (χ4n) is 1.64. The van der Waals surface area contributed by atoms with Crippen LogP contribution in [-0.4, -0.2) is 31.5 Å². The molecule has 0 amide bonds. The fourth-order valence-corrected chi connectivity index (χ4v) is 1.64. The summed E-state index contributed by atoms with van der Waals surface area (Å²) >= 11 is 0. The Bertz CT molecular complexity index is 511. The molecule has 0 aromatic carbocycles. The Kier molecular flexibility index (Phi) is 3.88. The summed E-state index contributed by atoms with van der Waals surface area (Å²) in [6, 6.07) is 5.43. The second-order valence-electron chi connectivity index (χ2n) is 4.37. The summed E-state index contributed by atoms with van der Waals surface area (Å²) in [5, 5.41) is 17.0. The van der Waals surface area contributed by atoms with E-state index in [4.69, 9.17) is 10.8 Å². The average molecular weight is 247 g/mol. The van der Waals surface area contributed by atoms with Crippen LogP contribution in [0.2, 0.25) is 0 Å². The summed E-state index contributed by atoms with van der Waals surface area (Å²) in [5.74, 6) is 1.42. The average Bonchev–Trinajstić information content (AvgIpc) is 2.84. The highest BCUT2D eigenvalue weighted by atomic mass is 16.3. The molecule has 6 nitrogen and oxygen atoms in total. The van der Waals surface area contributed by atoms with E-state index in [2.05, 4.69) is 15.2 Å². The maximum Gasteiger partial charge on any atom is 0.182 e. The van der Waals surface area contributed by atoms with Crippen molar-refractivity contribution in [1.82, 2.24) is 19.7 Å². The standard InChI is InChI=1S/C12H17N5O/c1-9(7-18)5-6-17-8-14-16-12(17)10-3-2-4-11(13)15-10/h2-4,8-9,18H,5-7H2,1H3,(H2,13,15)/t9-/m0/s1. The number of aromatic nitrogens is 4. The first kappa shape index (κ1) is 12.5. The Morgan fingerprint density at radius 2 is 2.28 bits per heavy atom. The van der Waals surface area contributed by atoms with Crippen molar-refractivity contribution in [3.05, 3.63) is 24.5 Å². The molecular weight excluding hydrogens is 230 g/mol. The van der Waals surface area contributed by atoms with Gasteiger partial charge in [-0.25, -0.2) is 4.98 Å². The first-order valence-corrected chi connectivity index (χ1v) is 5.92. The molecule has 0 saturated heterocycles. The zero-order valence-corrected chi connectivity index (χ0v) is 10.3. The van der Waals surface area contributed by atoms with Crippen LogP contribution in [0.1, 0.15) is 13.3 Å². The Morgan fingerprint density at radius 3 is 3.00 bits per heavy atom. The first-order valence-electron chi connectivity index (χ1n) is 5.92. The summed E-state index contributed by atoms with van der Waals surface area (Å²) in [6.45, 7) is 2.94. The molecule has 96 valence electrons. The van der Waals surface area contributed by atoms with Gasteiger partial charge in [0.2, 0.25) is 0 Å². The Hall–Kier alpha value is -1.95. The molecule has 0 radical (unpaired) electrons. The number of nitrogens with two attached hydrogens (primary N) is 1. The molecule has 0 spiro atoms. The molecule has 18 heavy (non-hydrogen) atoms. The van der Waals surface area contributed by atoms with Gasteiger partial charge >= 0.3 is 0 Å². The van der Waals surface area contributed by atoms with E-state index >= 15 is 0 Å². The van der Waals surface area contributed by atoms with E-state index in [1.165, 1.54) is 0 Å².